The van der Waals surface area contributed by atoms with Crippen molar-refractivity contribution in [3.05, 3.63) is 70.4 Å². The topological polar surface area (TPSA) is 54.6 Å². The fourth-order valence-electron chi connectivity index (χ4n) is 5.32. The normalized spacial score (nSPS) is 21.7. The summed E-state index contributed by atoms with van der Waals surface area (Å²) in [5.74, 6) is 0.410. The average molecular weight is 433 g/mol. The molecule has 2 unspecified atom stereocenters. The fourth-order valence-corrected chi connectivity index (χ4v) is 5.32. The molecule has 1 aromatic heterocycles. The van der Waals surface area contributed by atoms with Gasteiger partial charge < -0.3 is 14.5 Å². The Morgan fingerprint density at radius 2 is 1.91 bits per heavy atom. The van der Waals surface area contributed by atoms with Crippen molar-refractivity contribution < 1.29 is 14.3 Å². The monoisotopic (exact) mass is 432 g/mol. The van der Waals surface area contributed by atoms with Crippen LogP contribution in [0.15, 0.2) is 42.6 Å². The van der Waals surface area contributed by atoms with Crippen LogP contribution in [0.1, 0.15) is 70.3 Å². The molecule has 3 aromatic rings. The molecule has 0 spiro atoms. The van der Waals surface area contributed by atoms with Crippen molar-refractivity contribution in [1.82, 2.24) is 9.88 Å². The number of fused-ring (bicyclic) bond motifs is 1. The number of carbonyl (C=O) groups is 1. The van der Waals surface area contributed by atoms with Crippen LogP contribution in [0, 0.1) is 6.92 Å². The predicted octanol–water partition coefficient (Wildman–Crippen LogP) is 5.49. The lowest BCUT2D eigenvalue weighted by atomic mass is 9.90. The number of rotatable bonds is 6. The van der Waals surface area contributed by atoms with E-state index in [1.807, 2.05) is 19.2 Å². The van der Waals surface area contributed by atoms with Gasteiger partial charge in [-0.25, -0.2) is 4.79 Å². The van der Waals surface area contributed by atoms with Gasteiger partial charge in [-0.1, -0.05) is 18.2 Å². The Bertz CT molecular complexity index is 1110. The molecule has 1 N–H and O–H groups in total. The van der Waals surface area contributed by atoms with E-state index in [9.17, 15) is 4.79 Å². The summed E-state index contributed by atoms with van der Waals surface area (Å²) >= 11 is 0. The molecular weight excluding hydrogens is 400 g/mol. The van der Waals surface area contributed by atoms with E-state index in [-0.39, 0.29) is 18.1 Å². The summed E-state index contributed by atoms with van der Waals surface area (Å²) in [6.07, 6.45) is 6.91. The van der Waals surface area contributed by atoms with Crippen LogP contribution in [0.25, 0.3) is 10.9 Å². The first-order valence-electron chi connectivity index (χ1n) is 11.6. The molecule has 2 aromatic carbocycles. The standard InChI is InChI=1S/C27H32N2O3/c1-17-14-23(18-4-5-18)24(22-10-12-28-26(17)22)16-29-13-11-21(31-2)15-25(29)19-6-8-20(9-7-19)27(30)32-3/h6-10,12,14,18,21,25,28H,4-5,11,13,15-16H2,1-3H3. The van der Waals surface area contributed by atoms with Crippen LogP contribution in [0.4, 0.5) is 0 Å². The van der Waals surface area contributed by atoms with Crippen LogP contribution in [0.2, 0.25) is 0 Å². The number of hydrogen-bond donors (Lipinski definition) is 1. The highest BCUT2D eigenvalue weighted by molar-refractivity contribution is 5.89. The predicted molar refractivity (Wildman–Crippen MR) is 126 cm³/mol. The molecule has 5 nitrogen and oxygen atoms in total. The Morgan fingerprint density at radius 3 is 2.59 bits per heavy atom. The van der Waals surface area contributed by atoms with Gasteiger partial charge in [0.05, 0.1) is 18.8 Å². The Balaban J connectivity index is 1.49. The van der Waals surface area contributed by atoms with Crippen molar-refractivity contribution in [2.45, 2.75) is 57.2 Å². The minimum Gasteiger partial charge on any atom is -0.465 e. The van der Waals surface area contributed by atoms with Gasteiger partial charge in [0.2, 0.25) is 0 Å². The second-order valence-corrected chi connectivity index (χ2v) is 9.28. The number of carbonyl (C=O) groups excluding carboxylic acids is 1. The van der Waals surface area contributed by atoms with Crippen molar-refractivity contribution in [3.63, 3.8) is 0 Å². The summed E-state index contributed by atoms with van der Waals surface area (Å²) in [5.41, 5.74) is 7.42. The minimum atomic E-state index is -0.296. The van der Waals surface area contributed by atoms with Crippen LogP contribution < -0.4 is 0 Å². The van der Waals surface area contributed by atoms with Crippen LogP contribution >= 0.6 is 0 Å². The zero-order valence-electron chi connectivity index (χ0n) is 19.2. The molecule has 2 atom stereocenters. The van der Waals surface area contributed by atoms with Crippen LogP contribution in [-0.4, -0.2) is 42.7 Å². The molecule has 1 saturated heterocycles. The van der Waals surface area contributed by atoms with E-state index < -0.39 is 0 Å². The third-order valence-corrected chi connectivity index (χ3v) is 7.28. The quantitative estimate of drug-likeness (QED) is 0.523. The Morgan fingerprint density at radius 1 is 1.12 bits per heavy atom. The Kier molecular flexibility index (Phi) is 5.78. The highest BCUT2D eigenvalue weighted by Crippen LogP contribution is 2.45. The lowest BCUT2D eigenvalue weighted by Gasteiger charge is -2.40. The van der Waals surface area contributed by atoms with E-state index in [0.717, 1.165) is 25.9 Å². The van der Waals surface area contributed by atoms with E-state index in [1.54, 1.807) is 0 Å². The number of nitrogens with zero attached hydrogens (tertiary/aromatic N) is 1. The van der Waals surface area contributed by atoms with E-state index in [2.05, 4.69) is 47.3 Å². The van der Waals surface area contributed by atoms with E-state index in [4.69, 9.17) is 9.47 Å². The number of aryl methyl sites for hydroxylation is 1. The molecule has 0 amide bonds. The molecular formula is C27H32N2O3. The molecule has 0 bridgehead atoms. The second-order valence-electron chi connectivity index (χ2n) is 9.28. The number of ether oxygens (including phenoxy) is 2. The molecule has 5 rings (SSSR count). The summed E-state index contributed by atoms with van der Waals surface area (Å²) in [6, 6.07) is 12.8. The summed E-state index contributed by atoms with van der Waals surface area (Å²) < 4.78 is 10.6. The first-order valence-corrected chi connectivity index (χ1v) is 11.6. The maximum absolute atomic E-state index is 11.9. The number of hydrogen-bond acceptors (Lipinski definition) is 4. The van der Waals surface area contributed by atoms with E-state index in [1.165, 1.54) is 53.1 Å². The molecule has 1 aliphatic carbocycles. The molecule has 1 aliphatic heterocycles. The summed E-state index contributed by atoms with van der Waals surface area (Å²) in [7, 11) is 3.23. The number of esters is 1. The van der Waals surface area contributed by atoms with Crippen molar-refractivity contribution in [3.8, 4) is 0 Å². The van der Waals surface area contributed by atoms with Crippen LogP contribution in [-0.2, 0) is 16.0 Å². The summed E-state index contributed by atoms with van der Waals surface area (Å²) in [6.45, 7) is 4.14. The number of aromatic nitrogens is 1. The number of H-pyrrole nitrogens is 1. The van der Waals surface area contributed by atoms with Gasteiger partial charge >= 0.3 is 5.97 Å². The van der Waals surface area contributed by atoms with Gasteiger partial charge in [-0.3, -0.25) is 4.90 Å². The molecule has 32 heavy (non-hydrogen) atoms. The van der Waals surface area contributed by atoms with Crippen molar-refractivity contribution in [2.75, 3.05) is 20.8 Å². The molecule has 2 aliphatic rings. The molecule has 1 saturated carbocycles. The van der Waals surface area contributed by atoms with Gasteiger partial charge in [0.15, 0.2) is 0 Å². The molecule has 2 heterocycles. The average Bonchev–Trinajstić information content (AvgIpc) is 3.55. The maximum atomic E-state index is 11.9. The first-order chi connectivity index (χ1) is 15.6. The van der Waals surface area contributed by atoms with Gasteiger partial charge in [-0.2, -0.15) is 0 Å². The third-order valence-electron chi connectivity index (χ3n) is 7.28. The van der Waals surface area contributed by atoms with Crippen molar-refractivity contribution >= 4 is 16.9 Å². The Labute approximate surface area is 189 Å². The van der Waals surface area contributed by atoms with Gasteiger partial charge in [-0.15, -0.1) is 0 Å². The number of likely N-dealkylation sites (tertiary alicyclic amines) is 1. The molecule has 168 valence electrons. The smallest absolute Gasteiger partial charge is 0.337 e. The summed E-state index contributed by atoms with van der Waals surface area (Å²) in [5, 5.41) is 1.36. The molecule has 2 fully saturated rings. The Hall–Kier alpha value is -2.63. The number of aromatic amines is 1. The number of benzene rings is 2. The van der Waals surface area contributed by atoms with Crippen molar-refractivity contribution in [2.24, 2.45) is 0 Å². The molecule has 0 radical (unpaired) electrons. The zero-order chi connectivity index (χ0) is 22.2. The third kappa shape index (κ3) is 3.96. The first kappa shape index (κ1) is 21.2. The second kappa shape index (κ2) is 8.72. The van der Waals surface area contributed by atoms with Gasteiger partial charge in [0.25, 0.3) is 0 Å². The van der Waals surface area contributed by atoms with Gasteiger partial charge in [0.1, 0.15) is 0 Å². The lowest BCUT2D eigenvalue weighted by molar-refractivity contribution is 0.00687. The number of nitrogens with one attached hydrogen (secondary N) is 1. The zero-order valence-corrected chi connectivity index (χ0v) is 19.2. The van der Waals surface area contributed by atoms with E-state index >= 15 is 0 Å². The number of piperidine rings is 1. The largest absolute Gasteiger partial charge is 0.465 e. The SMILES string of the molecule is COC(=O)c1ccc(C2CC(OC)CCN2Cc2c(C3CC3)cc(C)c3[nH]ccc23)cc1. The van der Waals surface area contributed by atoms with Crippen LogP contribution in [0.3, 0.4) is 0 Å². The lowest BCUT2D eigenvalue weighted by Crippen LogP contribution is -2.39. The van der Waals surface area contributed by atoms with E-state index in [0.29, 0.717) is 11.5 Å². The highest BCUT2D eigenvalue weighted by atomic mass is 16.5. The van der Waals surface area contributed by atoms with Crippen molar-refractivity contribution in [1.29, 1.82) is 0 Å². The van der Waals surface area contributed by atoms with Crippen LogP contribution in [0.5, 0.6) is 0 Å². The molecule has 5 heteroatoms. The fraction of sp³-hybridized carbons (Fsp3) is 0.444. The number of methoxy groups -OCH3 is 2. The summed E-state index contributed by atoms with van der Waals surface area (Å²) in [4.78, 5) is 17.9. The highest BCUT2D eigenvalue weighted by Gasteiger charge is 2.33. The minimum absolute atomic E-state index is 0.253. The van der Waals surface area contributed by atoms with Gasteiger partial charge in [-0.05, 0) is 79.0 Å². The maximum Gasteiger partial charge on any atom is 0.337 e. The van der Waals surface area contributed by atoms with Gasteiger partial charge in [0, 0.05) is 43.3 Å².